The molecule has 1 N–H and O–H groups in total. The van der Waals surface area contributed by atoms with Crippen LogP contribution < -0.4 is 5.32 Å². The van der Waals surface area contributed by atoms with Crippen LogP contribution in [-0.4, -0.2) is 26.2 Å². The Kier molecular flexibility index (Phi) is 5.75. The summed E-state index contributed by atoms with van der Waals surface area (Å²) in [6.07, 6.45) is 2.15. The Morgan fingerprint density at radius 2 is 2.06 bits per heavy atom. The van der Waals surface area contributed by atoms with Gasteiger partial charge in [-0.1, -0.05) is 20.8 Å². The van der Waals surface area contributed by atoms with Gasteiger partial charge in [0.15, 0.2) is 9.84 Å². The largest absolute Gasteiger partial charge is 0.312 e. The summed E-state index contributed by atoms with van der Waals surface area (Å²) in [5, 5.41) is 3.98. The molecule has 0 radical (unpaired) electrons. The van der Waals surface area contributed by atoms with Crippen LogP contribution in [0, 0.1) is 5.92 Å². The summed E-state index contributed by atoms with van der Waals surface area (Å²) in [7, 11) is -3.00. The summed E-state index contributed by atoms with van der Waals surface area (Å²) in [6, 6.07) is 0. The SMILES string of the molecule is CCNCc1sc(CS(C)(=O)=O)nc1CC(C)C. The van der Waals surface area contributed by atoms with Crippen LogP contribution in [0.5, 0.6) is 0 Å². The van der Waals surface area contributed by atoms with Crippen LogP contribution in [0.15, 0.2) is 0 Å². The average molecular weight is 290 g/mol. The predicted octanol–water partition coefficient (Wildman–Crippen LogP) is 2.00. The number of aromatic nitrogens is 1. The summed E-state index contributed by atoms with van der Waals surface area (Å²) in [5.74, 6) is 0.577. The number of nitrogens with zero attached hydrogens (tertiary/aromatic N) is 1. The third-order valence-electron chi connectivity index (χ3n) is 2.35. The van der Waals surface area contributed by atoms with E-state index in [1.165, 1.54) is 22.5 Å². The van der Waals surface area contributed by atoms with Gasteiger partial charge in [0.1, 0.15) is 10.8 Å². The molecule has 0 aliphatic carbocycles. The molecule has 0 unspecified atom stereocenters. The van der Waals surface area contributed by atoms with Gasteiger partial charge in [-0.05, 0) is 18.9 Å². The highest BCUT2D eigenvalue weighted by Crippen LogP contribution is 2.22. The third-order valence-corrected chi connectivity index (χ3v) is 4.42. The highest BCUT2D eigenvalue weighted by molar-refractivity contribution is 7.90. The monoisotopic (exact) mass is 290 g/mol. The minimum absolute atomic E-state index is 0.0505. The van der Waals surface area contributed by atoms with Crippen molar-refractivity contribution in [2.45, 2.75) is 39.5 Å². The molecule has 18 heavy (non-hydrogen) atoms. The van der Waals surface area contributed by atoms with E-state index in [0.717, 1.165) is 25.2 Å². The molecule has 0 aliphatic heterocycles. The molecule has 0 atom stereocenters. The number of sulfone groups is 1. The fourth-order valence-electron chi connectivity index (χ4n) is 1.65. The molecule has 0 aromatic carbocycles. The van der Waals surface area contributed by atoms with Gasteiger partial charge in [0.25, 0.3) is 0 Å². The Balaban J connectivity index is 2.91. The van der Waals surface area contributed by atoms with Gasteiger partial charge >= 0.3 is 0 Å². The van der Waals surface area contributed by atoms with E-state index in [9.17, 15) is 8.42 Å². The topological polar surface area (TPSA) is 59.1 Å². The molecular formula is C12H22N2O2S2. The zero-order valence-corrected chi connectivity index (χ0v) is 13.1. The molecule has 4 nitrogen and oxygen atoms in total. The second kappa shape index (κ2) is 6.63. The minimum Gasteiger partial charge on any atom is -0.312 e. The van der Waals surface area contributed by atoms with Crippen molar-refractivity contribution < 1.29 is 8.42 Å². The zero-order chi connectivity index (χ0) is 13.8. The second-order valence-electron chi connectivity index (χ2n) is 4.93. The van der Waals surface area contributed by atoms with Crippen molar-refractivity contribution in [3.63, 3.8) is 0 Å². The van der Waals surface area contributed by atoms with E-state index in [2.05, 4.69) is 31.1 Å². The van der Waals surface area contributed by atoms with Crippen molar-refractivity contribution in [3.8, 4) is 0 Å². The van der Waals surface area contributed by atoms with Gasteiger partial charge in [-0.25, -0.2) is 13.4 Å². The van der Waals surface area contributed by atoms with Gasteiger partial charge in [-0.3, -0.25) is 0 Å². The van der Waals surface area contributed by atoms with E-state index in [-0.39, 0.29) is 5.75 Å². The van der Waals surface area contributed by atoms with Gasteiger partial charge in [0, 0.05) is 17.7 Å². The molecule has 1 aromatic heterocycles. The van der Waals surface area contributed by atoms with Crippen LogP contribution in [0.4, 0.5) is 0 Å². The first kappa shape index (κ1) is 15.6. The quantitative estimate of drug-likeness (QED) is 0.834. The first-order valence-corrected chi connectivity index (χ1v) is 9.05. The van der Waals surface area contributed by atoms with Crippen molar-refractivity contribution >= 4 is 21.2 Å². The van der Waals surface area contributed by atoms with E-state index in [0.29, 0.717) is 10.9 Å². The van der Waals surface area contributed by atoms with E-state index in [1.807, 2.05) is 0 Å². The number of hydrogen-bond acceptors (Lipinski definition) is 5. The van der Waals surface area contributed by atoms with E-state index >= 15 is 0 Å². The molecule has 6 heteroatoms. The van der Waals surface area contributed by atoms with Crippen molar-refractivity contribution in [2.24, 2.45) is 5.92 Å². The molecule has 0 amide bonds. The number of nitrogens with one attached hydrogen (secondary N) is 1. The molecule has 0 saturated heterocycles. The zero-order valence-electron chi connectivity index (χ0n) is 11.5. The maximum atomic E-state index is 11.3. The molecule has 0 saturated carbocycles. The first-order valence-electron chi connectivity index (χ1n) is 6.17. The molecule has 0 bridgehead atoms. The molecule has 0 spiro atoms. The summed E-state index contributed by atoms with van der Waals surface area (Å²) in [6.45, 7) is 8.03. The van der Waals surface area contributed by atoms with Crippen molar-refractivity contribution in [2.75, 3.05) is 12.8 Å². The lowest BCUT2D eigenvalue weighted by atomic mass is 10.1. The number of thiazole rings is 1. The van der Waals surface area contributed by atoms with Crippen LogP contribution in [0.3, 0.4) is 0 Å². The summed E-state index contributed by atoms with van der Waals surface area (Å²) in [4.78, 5) is 5.66. The molecule has 1 aromatic rings. The Hall–Kier alpha value is -0.460. The summed E-state index contributed by atoms with van der Waals surface area (Å²) in [5.41, 5.74) is 1.05. The lowest BCUT2D eigenvalue weighted by Crippen LogP contribution is -2.12. The average Bonchev–Trinajstić information content (AvgIpc) is 2.53. The van der Waals surface area contributed by atoms with Gasteiger partial charge < -0.3 is 5.32 Å². The Morgan fingerprint density at radius 1 is 1.39 bits per heavy atom. The molecule has 1 heterocycles. The first-order chi connectivity index (χ1) is 8.31. The van der Waals surface area contributed by atoms with Crippen molar-refractivity contribution in [1.82, 2.24) is 10.3 Å². The van der Waals surface area contributed by atoms with Gasteiger partial charge in [0.05, 0.1) is 5.69 Å². The van der Waals surface area contributed by atoms with E-state index in [4.69, 9.17) is 0 Å². The number of rotatable bonds is 7. The van der Waals surface area contributed by atoms with E-state index in [1.54, 1.807) is 0 Å². The van der Waals surface area contributed by atoms with Crippen molar-refractivity contribution in [3.05, 3.63) is 15.6 Å². The molecule has 1 rings (SSSR count). The molecular weight excluding hydrogens is 268 g/mol. The molecule has 0 fully saturated rings. The van der Waals surface area contributed by atoms with Crippen LogP contribution in [0.25, 0.3) is 0 Å². The smallest absolute Gasteiger partial charge is 0.153 e. The molecule has 104 valence electrons. The Morgan fingerprint density at radius 3 is 2.56 bits per heavy atom. The van der Waals surface area contributed by atoms with Gasteiger partial charge in [0.2, 0.25) is 0 Å². The normalized spacial score (nSPS) is 12.3. The summed E-state index contributed by atoms with van der Waals surface area (Å²) >= 11 is 1.52. The third kappa shape index (κ3) is 5.46. The van der Waals surface area contributed by atoms with Crippen LogP contribution >= 0.6 is 11.3 Å². The maximum Gasteiger partial charge on any atom is 0.153 e. The maximum absolute atomic E-state index is 11.3. The standard InChI is InChI=1S/C12H22N2O2S2/c1-5-13-7-11-10(6-9(2)3)14-12(17-11)8-18(4,15)16/h9,13H,5-8H2,1-4H3. The highest BCUT2D eigenvalue weighted by Gasteiger charge is 2.15. The fraction of sp³-hybridized carbons (Fsp3) is 0.750. The minimum atomic E-state index is -3.00. The van der Waals surface area contributed by atoms with E-state index < -0.39 is 9.84 Å². The highest BCUT2D eigenvalue weighted by atomic mass is 32.2. The fourth-order valence-corrected chi connectivity index (χ4v) is 3.90. The summed E-state index contributed by atoms with van der Waals surface area (Å²) < 4.78 is 22.6. The second-order valence-corrected chi connectivity index (χ2v) is 8.23. The lowest BCUT2D eigenvalue weighted by molar-refractivity contribution is 0.600. The Bertz CT molecular complexity index is 478. The molecule has 0 aliphatic rings. The van der Waals surface area contributed by atoms with Crippen LogP contribution in [0.1, 0.15) is 36.3 Å². The van der Waals surface area contributed by atoms with Gasteiger partial charge in [-0.2, -0.15) is 0 Å². The predicted molar refractivity (Wildman–Crippen MR) is 76.6 cm³/mol. The Labute approximate surface area is 114 Å². The number of hydrogen-bond donors (Lipinski definition) is 1. The van der Waals surface area contributed by atoms with Gasteiger partial charge in [-0.15, -0.1) is 11.3 Å². The van der Waals surface area contributed by atoms with Crippen molar-refractivity contribution in [1.29, 1.82) is 0 Å². The van der Waals surface area contributed by atoms with Crippen LogP contribution in [0.2, 0.25) is 0 Å². The van der Waals surface area contributed by atoms with Crippen LogP contribution in [-0.2, 0) is 28.6 Å². The lowest BCUT2D eigenvalue weighted by Gasteiger charge is -2.04.